The molecule has 1 aliphatic carbocycles. The molecule has 0 saturated heterocycles. The second-order valence-electron chi connectivity index (χ2n) is 10.3. The molecule has 0 fully saturated rings. The van der Waals surface area contributed by atoms with Crippen molar-refractivity contribution in [1.29, 1.82) is 5.26 Å². The van der Waals surface area contributed by atoms with Crippen molar-refractivity contribution < 1.29 is 23.4 Å². The fourth-order valence-corrected chi connectivity index (χ4v) is 6.49. The van der Waals surface area contributed by atoms with Crippen LogP contribution in [0.5, 0.6) is 17.2 Å². The van der Waals surface area contributed by atoms with Crippen molar-refractivity contribution in [2.24, 2.45) is 11.8 Å². The minimum Gasteiger partial charge on any atom is -0.496 e. The van der Waals surface area contributed by atoms with Gasteiger partial charge in [0.25, 0.3) is 0 Å². The highest BCUT2D eigenvalue weighted by molar-refractivity contribution is 9.10. The van der Waals surface area contributed by atoms with Crippen molar-refractivity contribution >= 4 is 30.0 Å². The molecule has 6 nitrogen and oxygen atoms in total. The number of rotatable bonds is 9. The molecule has 2 aromatic carbocycles. The van der Waals surface area contributed by atoms with Crippen LogP contribution in [0.2, 0.25) is 19.6 Å². The predicted octanol–water partition coefficient (Wildman–Crippen LogP) is 6.82. The summed E-state index contributed by atoms with van der Waals surface area (Å²) >= 11 is 3.51. The largest absolute Gasteiger partial charge is 0.496 e. The molecule has 0 saturated carbocycles. The normalized spacial score (nSPS) is 22.1. The quantitative estimate of drug-likeness (QED) is 0.302. The van der Waals surface area contributed by atoms with Crippen LogP contribution in [-0.2, 0) is 10.0 Å². The van der Waals surface area contributed by atoms with Gasteiger partial charge in [0.2, 0.25) is 11.4 Å². The Kier molecular flexibility index (Phi) is 7.98. The van der Waals surface area contributed by atoms with Gasteiger partial charge in [0, 0.05) is 28.1 Å². The molecule has 1 heterocycles. The number of carbonyl (C=O) groups excluding carboxylic acids is 1. The zero-order valence-electron chi connectivity index (χ0n) is 21.8. The molecule has 0 N–H and O–H groups in total. The molecule has 194 valence electrons. The highest BCUT2D eigenvalue weighted by atomic mass is 79.9. The molecule has 4 rings (SSSR count). The first-order chi connectivity index (χ1) is 17.6. The van der Waals surface area contributed by atoms with E-state index >= 15 is 0 Å². The smallest absolute Gasteiger partial charge is 0.218 e. The number of ether oxygens (including phenoxy) is 3. The first-order valence-electron chi connectivity index (χ1n) is 12.3. The number of fused-ring (bicyclic) bond motifs is 1. The Morgan fingerprint density at radius 2 is 1.89 bits per heavy atom. The van der Waals surface area contributed by atoms with Crippen LogP contribution in [-0.4, -0.2) is 34.4 Å². The molecular formula is C29H32BrNO5Si. The maximum atomic E-state index is 14.6. The molecule has 2 aromatic rings. The molecule has 2 unspecified atom stereocenters. The highest BCUT2D eigenvalue weighted by Gasteiger charge is 2.58. The summed E-state index contributed by atoms with van der Waals surface area (Å²) in [5.74, 6) is 0.689. The van der Waals surface area contributed by atoms with Gasteiger partial charge in [-0.05, 0) is 50.5 Å². The van der Waals surface area contributed by atoms with Gasteiger partial charge in [0.1, 0.15) is 28.9 Å². The molecule has 1 aliphatic heterocycles. The lowest BCUT2D eigenvalue weighted by Gasteiger charge is -2.41. The third-order valence-corrected chi connectivity index (χ3v) is 8.28. The number of nitriles is 1. The summed E-state index contributed by atoms with van der Waals surface area (Å²) in [6.45, 7) is 6.18. The maximum Gasteiger partial charge on any atom is 0.218 e. The Morgan fingerprint density at radius 3 is 2.46 bits per heavy atom. The zero-order valence-corrected chi connectivity index (χ0v) is 24.4. The van der Waals surface area contributed by atoms with E-state index in [0.29, 0.717) is 29.2 Å². The summed E-state index contributed by atoms with van der Waals surface area (Å²) in [5.41, 5.74) is -0.289. The van der Waals surface area contributed by atoms with Crippen LogP contribution < -0.4 is 14.2 Å². The Bertz CT molecular complexity index is 1260. The van der Waals surface area contributed by atoms with Gasteiger partial charge >= 0.3 is 0 Å². The third-order valence-electron chi connectivity index (χ3n) is 6.76. The van der Waals surface area contributed by atoms with E-state index < -0.39 is 25.9 Å². The second-order valence-corrected chi connectivity index (χ2v) is 15.7. The number of methoxy groups -OCH3 is 2. The number of Topliss-reactive ketones (excluding diaryl/α,β-unsaturated/α-hetero) is 1. The van der Waals surface area contributed by atoms with Crippen molar-refractivity contribution in [3.63, 3.8) is 0 Å². The Morgan fingerprint density at radius 1 is 1.16 bits per heavy atom. The Balaban J connectivity index is 1.93. The van der Waals surface area contributed by atoms with E-state index in [-0.39, 0.29) is 11.7 Å². The van der Waals surface area contributed by atoms with E-state index in [4.69, 9.17) is 18.6 Å². The molecule has 0 bridgehead atoms. The fraction of sp³-hybridized carbons (Fsp3) is 0.379. The van der Waals surface area contributed by atoms with Gasteiger partial charge in [-0.25, -0.2) is 0 Å². The first-order valence-corrected chi connectivity index (χ1v) is 16.5. The number of nitrogens with zero attached hydrogens (tertiary/aromatic N) is 1. The molecule has 0 radical (unpaired) electrons. The van der Waals surface area contributed by atoms with Crippen molar-refractivity contribution in [3.05, 3.63) is 76.3 Å². The first kappa shape index (κ1) is 27.2. The average Bonchev–Trinajstić information content (AvgIpc) is 3.18. The molecule has 37 heavy (non-hydrogen) atoms. The van der Waals surface area contributed by atoms with E-state index in [1.165, 1.54) is 7.11 Å². The van der Waals surface area contributed by atoms with E-state index in [1.54, 1.807) is 19.2 Å². The summed E-state index contributed by atoms with van der Waals surface area (Å²) in [6.07, 6.45) is 8.56. The van der Waals surface area contributed by atoms with Crippen molar-refractivity contribution in [2.45, 2.75) is 44.2 Å². The van der Waals surface area contributed by atoms with Crippen LogP contribution >= 0.6 is 15.9 Å². The van der Waals surface area contributed by atoms with Gasteiger partial charge < -0.3 is 18.6 Å². The molecular weight excluding hydrogens is 550 g/mol. The van der Waals surface area contributed by atoms with E-state index in [0.717, 1.165) is 16.5 Å². The van der Waals surface area contributed by atoms with Gasteiger partial charge in [-0.15, -0.1) is 0 Å². The number of hydrogen-bond acceptors (Lipinski definition) is 6. The third kappa shape index (κ3) is 5.40. The number of ketones is 1. The summed E-state index contributed by atoms with van der Waals surface area (Å²) in [6, 6.07) is 13.4. The Hall–Kier alpha value is -2.86. The van der Waals surface area contributed by atoms with Gasteiger partial charge in [0.05, 0.1) is 20.3 Å². The lowest BCUT2D eigenvalue weighted by atomic mass is 9.67. The van der Waals surface area contributed by atoms with E-state index in [1.807, 2.05) is 36.4 Å². The molecule has 4 atom stereocenters. The van der Waals surface area contributed by atoms with Crippen LogP contribution in [0.1, 0.15) is 28.8 Å². The zero-order chi connectivity index (χ0) is 26.8. The number of hydrogen-bond donors (Lipinski definition) is 0. The number of carbonyl (C=O) groups is 1. The number of benzene rings is 2. The number of halogens is 1. The standard InChI is InChI=1S/C29H32BrNO5Si/c1-33-22-16-25(34-2)27-26(17-22)35-29(28(27)32,20-11-13-21(30)14-12-20)24(19-9-7-6-8-10-19)15-23(18-31)36-37(3,4)5/h6-9,11-14,16-17,19,23-24H,10,15H2,1-5H3/t19?,23?,24-,29-/m0/s1. The van der Waals surface area contributed by atoms with Crippen molar-refractivity contribution in [1.82, 2.24) is 0 Å². The molecule has 8 heteroatoms. The minimum absolute atomic E-state index is 0.0547. The lowest BCUT2D eigenvalue weighted by molar-refractivity contribution is -0.00134. The van der Waals surface area contributed by atoms with E-state index in [2.05, 4.69) is 53.8 Å². The minimum atomic E-state index is -2.04. The van der Waals surface area contributed by atoms with Crippen molar-refractivity contribution in [3.8, 4) is 23.3 Å². The summed E-state index contributed by atoms with van der Waals surface area (Å²) in [7, 11) is 1.05. The van der Waals surface area contributed by atoms with Gasteiger partial charge in [-0.2, -0.15) is 5.26 Å². The fourth-order valence-electron chi connectivity index (χ4n) is 5.23. The summed E-state index contributed by atoms with van der Waals surface area (Å²) in [5, 5.41) is 10.1. The molecule has 0 amide bonds. The van der Waals surface area contributed by atoms with Gasteiger partial charge in [-0.1, -0.05) is 52.4 Å². The highest BCUT2D eigenvalue weighted by Crippen LogP contribution is 2.54. The predicted molar refractivity (Wildman–Crippen MR) is 149 cm³/mol. The topological polar surface area (TPSA) is 77.8 Å². The van der Waals surface area contributed by atoms with E-state index in [9.17, 15) is 10.1 Å². The summed E-state index contributed by atoms with van der Waals surface area (Å²) in [4.78, 5) is 14.6. The monoisotopic (exact) mass is 581 g/mol. The SMILES string of the molecule is COc1cc(OC)c2c(c1)O[C@@](c1ccc(Br)cc1)([C@@H](CC(C#N)O[Si](C)(C)C)C1C=CC=CC1)C2=O. The van der Waals surface area contributed by atoms with Crippen molar-refractivity contribution in [2.75, 3.05) is 14.2 Å². The van der Waals surface area contributed by atoms with Crippen LogP contribution in [0.25, 0.3) is 0 Å². The van der Waals surface area contributed by atoms with Crippen LogP contribution in [0.3, 0.4) is 0 Å². The molecule has 0 spiro atoms. The van der Waals surface area contributed by atoms with Crippen LogP contribution in [0.15, 0.2) is 65.2 Å². The lowest BCUT2D eigenvalue weighted by Crippen LogP contribution is -2.49. The Labute approximate surface area is 228 Å². The number of allylic oxidation sites excluding steroid dienone is 4. The average molecular weight is 583 g/mol. The molecule has 2 aliphatic rings. The molecule has 0 aromatic heterocycles. The van der Waals surface area contributed by atoms with Crippen LogP contribution in [0, 0.1) is 23.2 Å². The second kappa shape index (κ2) is 10.9. The van der Waals surface area contributed by atoms with Crippen LogP contribution in [0.4, 0.5) is 0 Å². The maximum absolute atomic E-state index is 14.6. The van der Waals surface area contributed by atoms with Gasteiger partial charge in [-0.3, -0.25) is 4.79 Å². The summed E-state index contributed by atoms with van der Waals surface area (Å²) < 4.78 is 25.0. The van der Waals surface area contributed by atoms with Gasteiger partial charge in [0.15, 0.2) is 8.32 Å².